The molecular formula is C14H21NO5S. The molecule has 0 saturated carbocycles. The van der Waals surface area contributed by atoms with E-state index in [1.54, 1.807) is 13.0 Å². The summed E-state index contributed by atoms with van der Waals surface area (Å²) < 4.78 is 5.46. The van der Waals surface area contributed by atoms with E-state index in [9.17, 15) is 19.5 Å². The smallest absolute Gasteiger partial charge is 0.326 e. The summed E-state index contributed by atoms with van der Waals surface area (Å²) >= 11 is 1.07. The minimum Gasteiger partial charge on any atom is -0.480 e. The van der Waals surface area contributed by atoms with Crippen LogP contribution in [0.1, 0.15) is 20.3 Å². The summed E-state index contributed by atoms with van der Waals surface area (Å²) in [6, 6.07) is -0.864. The number of hydrogen-bond acceptors (Lipinski definition) is 5. The van der Waals surface area contributed by atoms with Crippen molar-refractivity contribution in [1.82, 2.24) is 4.90 Å². The largest absolute Gasteiger partial charge is 0.480 e. The first-order valence-electron chi connectivity index (χ1n) is 6.76. The van der Waals surface area contributed by atoms with Crippen molar-refractivity contribution in [2.45, 2.75) is 32.4 Å². The first-order valence-corrected chi connectivity index (χ1v) is 7.74. The van der Waals surface area contributed by atoms with Crippen molar-refractivity contribution in [3.05, 3.63) is 12.7 Å². The van der Waals surface area contributed by atoms with E-state index >= 15 is 0 Å². The van der Waals surface area contributed by atoms with E-state index in [4.69, 9.17) is 4.74 Å². The number of likely N-dealkylation sites (tertiary alicyclic amines) is 1. The van der Waals surface area contributed by atoms with Crippen molar-refractivity contribution in [1.29, 1.82) is 0 Å². The zero-order chi connectivity index (χ0) is 16.0. The highest BCUT2D eigenvalue weighted by molar-refractivity contribution is 8.13. The van der Waals surface area contributed by atoms with Crippen LogP contribution in [0.4, 0.5) is 0 Å². The number of thioether (sulfide) groups is 1. The number of nitrogens with zero attached hydrogens (tertiary/aromatic N) is 1. The number of rotatable bonds is 7. The molecule has 3 atom stereocenters. The number of amides is 1. The highest BCUT2D eigenvalue weighted by Crippen LogP contribution is 2.24. The molecule has 0 bridgehead atoms. The molecule has 0 aliphatic carbocycles. The second-order valence-electron chi connectivity index (χ2n) is 5.03. The maximum absolute atomic E-state index is 12.4. The molecule has 1 aliphatic rings. The number of ether oxygens (including phenoxy) is 1. The summed E-state index contributed by atoms with van der Waals surface area (Å²) in [6.07, 6.45) is 1.58. The third kappa shape index (κ3) is 5.17. The molecule has 6 nitrogen and oxygen atoms in total. The van der Waals surface area contributed by atoms with Gasteiger partial charge in [0.1, 0.15) is 6.04 Å². The van der Waals surface area contributed by atoms with E-state index in [-0.39, 0.29) is 30.1 Å². The molecular weight excluding hydrogens is 294 g/mol. The van der Waals surface area contributed by atoms with Crippen LogP contribution in [0, 0.1) is 5.92 Å². The Morgan fingerprint density at radius 2 is 2.19 bits per heavy atom. The van der Waals surface area contributed by atoms with Crippen LogP contribution in [-0.4, -0.2) is 58.0 Å². The lowest BCUT2D eigenvalue weighted by Gasteiger charge is -2.24. The predicted molar refractivity (Wildman–Crippen MR) is 80.0 cm³/mol. The van der Waals surface area contributed by atoms with E-state index in [1.165, 1.54) is 11.8 Å². The van der Waals surface area contributed by atoms with Gasteiger partial charge in [-0.2, -0.15) is 0 Å². The topological polar surface area (TPSA) is 83.9 Å². The van der Waals surface area contributed by atoms with Gasteiger partial charge in [-0.05, 0) is 0 Å². The van der Waals surface area contributed by atoms with Crippen LogP contribution in [0.2, 0.25) is 0 Å². The lowest BCUT2D eigenvalue weighted by molar-refractivity contribution is -0.149. The van der Waals surface area contributed by atoms with Crippen LogP contribution in [0.15, 0.2) is 12.7 Å². The Labute approximate surface area is 128 Å². The predicted octanol–water partition coefficient (Wildman–Crippen LogP) is 1.16. The fourth-order valence-corrected chi connectivity index (χ4v) is 2.82. The first-order chi connectivity index (χ1) is 9.86. The molecule has 118 valence electrons. The zero-order valence-electron chi connectivity index (χ0n) is 12.3. The number of carbonyl (C=O) groups excluding carboxylic acids is 2. The maximum Gasteiger partial charge on any atom is 0.326 e. The van der Waals surface area contributed by atoms with E-state index in [0.29, 0.717) is 12.4 Å². The lowest BCUT2D eigenvalue weighted by Crippen LogP contribution is -2.43. The fourth-order valence-electron chi connectivity index (χ4n) is 2.20. The molecule has 2 unspecified atom stereocenters. The van der Waals surface area contributed by atoms with Crippen molar-refractivity contribution in [3.8, 4) is 0 Å². The van der Waals surface area contributed by atoms with Gasteiger partial charge in [-0.15, -0.1) is 6.58 Å². The Kier molecular flexibility index (Phi) is 6.91. The summed E-state index contributed by atoms with van der Waals surface area (Å²) in [5, 5.41) is 9.19. The Bertz CT molecular complexity index is 426. The number of carboxylic acids is 1. The molecule has 1 aliphatic heterocycles. The van der Waals surface area contributed by atoms with E-state index < -0.39 is 17.9 Å². The Balaban J connectivity index is 2.68. The van der Waals surface area contributed by atoms with Crippen molar-refractivity contribution < 1.29 is 24.2 Å². The Hall–Kier alpha value is -1.34. The SMILES string of the molecule is C=CCOC1C[C@@H](C(=O)O)N(C(=O)C(C)CSC(C)=O)C1. The van der Waals surface area contributed by atoms with Gasteiger partial charge >= 0.3 is 5.97 Å². The van der Waals surface area contributed by atoms with Crippen molar-refractivity contribution in [2.75, 3.05) is 18.9 Å². The van der Waals surface area contributed by atoms with Gasteiger partial charge in [0, 0.05) is 31.6 Å². The Morgan fingerprint density at radius 1 is 1.52 bits per heavy atom. The Morgan fingerprint density at radius 3 is 2.71 bits per heavy atom. The van der Waals surface area contributed by atoms with Crippen LogP contribution < -0.4 is 0 Å². The summed E-state index contributed by atoms with van der Waals surface area (Å²) in [6.45, 7) is 7.28. The van der Waals surface area contributed by atoms with Crippen LogP contribution >= 0.6 is 11.8 Å². The molecule has 0 aromatic heterocycles. The van der Waals surface area contributed by atoms with Gasteiger partial charge < -0.3 is 14.7 Å². The summed E-state index contributed by atoms with van der Waals surface area (Å²) in [5.41, 5.74) is 0. The third-order valence-corrected chi connectivity index (χ3v) is 4.31. The van der Waals surface area contributed by atoms with Crippen LogP contribution in [0.25, 0.3) is 0 Å². The van der Waals surface area contributed by atoms with Crippen LogP contribution in [0.5, 0.6) is 0 Å². The van der Waals surface area contributed by atoms with Gasteiger partial charge in [-0.25, -0.2) is 4.79 Å². The summed E-state index contributed by atoms with van der Waals surface area (Å²) in [7, 11) is 0. The first kappa shape index (κ1) is 17.7. The molecule has 0 spiro atoms. The van der Waals surface area contributed by atoms with Gasteiger partial charge in [0.15, 0.2) is 5.12 Å². The molecule has 0 radical (unpaired) electrons. The van der Waals surface area contributed by atoms with Gasteiger partial charge in [0.25, 0.3) is 0 Å². The second kappa shape index (κ2) is 8.19. The lowest BCUT2D eigenvalue weighted by atomic mass is 10.1. The third-order valence-electron chi connectivity index (χ3n) is 3.24. The van der Waals surface area contributed by atoms with Gasteiger partial charge in [0.05, 0.1) is 12.7 Å². The maximum atomic E-state index is 12.4. The summed E-state index contributed by atoms with van der Waals surface area (Å²) in [4.78, 5) is 35.9. The van der Waals surface area contributed by atoms with Gasteiger partial charge in [-0.1, -0.05) is 24.8 Å². The average molecular weight is 315 g/mol. The van der Waals surface area contributed by atoms with Crippen molar-refractivity contribution in [2.24, 2.45) is 5.92 Å². The van der Waals surface area contributed by atoms with Crippen molar-refractivity contribution in [3.63, 3.8) is 0 Å². The van der Waals surface area contributed by atoms with E-state index in [2.05, 4.69) is 6.58 Å². The molecule has 1 saturated heterocycles. The van der Waals surface area contributed by atoms with E-state index in [1.807, 2.05) is 0 Å². The van der Waals surface area contributed by atoms with Crippen LogP contribution in [0.3, 0.4) is 0 Å². The molecule has 0 aromatic rings. The summed E-state index contributed by atoms with van der Waals surface area (Å²) in [5.74, 6) is -1.32. The second-order valence-corrected chi connectivity index (χ2v) is 6.22. The monoisotopic (exact) mass is 315 g/mol. The van der Waals surface area contributed by atoms with Gasteiger partial charge in [-0.3, -0.25) is 9.59 Å². The molecule has 1 heterocycles. The molecule has 1 N–H and O–H groups in total. The highest BCUT2D eigenvalue weighted by atomic mass is 32.2. The number of carbonyl (C=O) groups is 3. The molecule has 21 heavy (non-hydrogen) atoms. The molecule has 1 amide bonds. The quantitative estimate of drug-likeness (QED) is 0.710. The minimum absolute atomic E-state index is 0.0574. The van der Waals surface area contributed by atoms with Crippen molar-refractivity contribution >= 4 is 28.8 Å². The van der Waals surface area contributed by atoms with Gasteiger partial charge in [0.2, 0.25) is 5.91 Å². The zero-order valence-corrected chi connectivity index (χ0v) is 13.1. The molecule has 0 aromatic carbocycles. The number of carboxylic acid groups (broad SMARTS) is 1. The minimum atomic E-state index is -1.03. The molecule has 7 heteroatoms. The van der Waals surface area contributed by atoms with Crippen LogP contribution in [-0.2, 0) is 19.1 Å². The average Bonchev–Trinajstić information content (AvgIpc) is 2.85. The number of aliphatic carboxylic acids is 1. The fraction of sp³-hybridized carbons (Fsp3) is 0.643. The number of hydrogen-bond donors (Lipinski definition) is 1. The normalized spacial score (nSPS) is 22.9. The molecule has 1 fully saturated rings. The molecule has 1 rings (SSSR count). The highest BCUT2D eigenvalue weighted by Gasteiger charge is 2.41. The standard InChI is InChI=1S/C14H21NO5S/c1-4-5-20-11-6-12(14(18)19)15(7-11)13(17)9(2)8-21-10(3)16/h4,9,11-12H,1,5-8H2,2-3H3,(H,18,19)/t9?,11?,12-/m0/s1. The van der Waals surface area contributed by atoms with E-state index in [0.717, 1.165) is 11.8 Å².